The highest BCUT2D eigenvalue weighted by atomic mass is 16.2. The van der Waals surface area contributed by atoms with Gasteiger partial charge >= 0.3 is 0 Å². The Labute approximate surface area is 166 Å². The molecule has 1 aliphatic carbocycles. The van der Waals surface area contributed by atoms with Crippen molar-refractivity contribution in [1.82, 2.24) is 15.3 Å². The van der Waals surface area contributed by atoms with Crippen LogP contribution in [0.3, 0.4) is 0 Å². The molecule has 3 rings (SSSR count). The molecule has 0 spiro atoms. The third kappa shape index (κ3) is 4.26. The van der Waals surface area contributed by atoms with Gasteiger partial charge in [-0.2, -0.15) is 0 Å². The summed E-state index contributed by atoms with van der Waals surface area (Å²) in [5.41, 5.74) is 2.25. The summed E-state index contributed by atoms with van der Waals surface area (Å²) >= 11 is 0. The van der Waals surface area contributed by atoms with Gasteiger partial charge in [0, 0.05) is 20.2 Å². The van der Waals surface area contributed by atoms with Crippen LogP contribution >= 0.6 is 0 Å². The van der Waals surface area contributed by atoms with Gasteiger partial charge in [-0.1, -0.05) is 52.0 Å². The zero-order valence-corrected chi connectivity index (χ0v) is 17.6. The number of aromatic nitrogens is 2. The maximum absolute atomic E-state index is 12.9. The number of hydrogen-bond acceptors (Lipinski definition) is 4. The molecule has 1 amide bonds. The molecule has 0 unspecified atom stereocenters. The predicted octanol–water partition coefficient (Wildman–Crippen LogP) is 3.40. The summed E-state index contributed by atoms with van der Waals surface area (Å²) in [6.45, 7) is 8.74. The molecular weight excluding hydrogens is 352 g/mol. The molecule has 2 aromatic rings. The Hall–Kier alpha value is -2.63. The number of anilines is 1. The standard InChI is InChI=1S/C22H30N4O2/c1-21(2,3)15-9-7-14(8-10-15)18(22(4)11-12-22)25-19(28)16-13-17(27)24-20(23-16)26(5)6/h7-10,13,18H,11-12H2,1-6H3,(H,25,28)(H,23,24,27)/t18-/m0/s1. The van der Waals surface area contributed by atoms with Crippen LogP contribution in [0.1, 0.15) is 68.2 Å². The van der Waals surface area contributed by atoms with Gasteiger partial charge in [-0.25, -0.2) is 4.98 Å². The van der Waals surface area contributed by atoms with E-state index in [-0.39, 0.29) is 34.0 Å². The molecular formula is C22H30N4O2. The Bertz CT molecular complexity index is 919. The molecule has 1 atom stereocenters. The van der Waals surface area contributed by atoms with Crippen LogP contribution in [0.25, 0.3) is 0 Å². The fraction of sp³-hybridized carbons (Fsp3) is 0.500. The molecule has 1 aliphatic rings. The minimum atomic E-state index is -0.340. The molecule has 28 heavy (non-hydrogen) atoms. The number of rotatable bonds is 5. The van der Waals surface area contributed by atoms with Crippen molar-refractivity contribution in [2.24, 2.45) is 5.41 Å². The Morgan fingerprint density at radius 3 is 2.32 bits per heavy atom. The molecule has 1 saturated carbocycles. The van der Waals surface area contributed by atoms with Crippen LogP contribution in [-0.4, -0.2) is 30.0 Å². The third-order valence-corrected chi connectivity index (χ3v) is 5.51. The van der Waals surface area contributed by atoms with Crippen LogP contribution in [0.4, 0.5) is 5.95 Å². The van der Waals surface area contributed by atoms with E-state index in [1.54, 1.807) is 19.0 Å². The summed E-state index contributed by atoms with van der Waals surface area (Å²) in [7, 11) is 3.54. The molecule has 1 aromatic carbocycles. The van der Waals surface area contributed by atoms with Crippen molar-refractivity contribution in [2.75, 3.05) is 19.0 Å². The maximum Gasteiger partial charge on any atom is 0.270 e. The topological polar surface area (TPSA) is 78.1 Å². The zero-order valence-electron chi connectivity index (χ0n) is 17.6. The number of nitrogens with one attached hydrogen (secondary N) is 2. The Balaban J connectivity index is 1.88. The number of carbonyl (C=O) groups is 1. The van der Waals surface area contributed by atoms with E-state index in [9.17, 15) is 9.59 Å². The lowest BCUT2D eigenvalue weighted by molar-refractivity contribution is 0.0913. The van der Waals surface area contributed by atoms with Crippen molar-refractivity contribution in [3.05, 3.63) is 57.5 Å². The van der Waals surface area contributed by atoms with E-state index in [1.165, 1.54) is 11.6 Å². The van der Waals surface area contributed by atoms with Crippen LogP contribution in [0.5, 0.6) is 0 Å². The molecule has 1 aromatic heterocycles. The van der Waals surface area contributed by atoms with E-state index in [1.807, 2.05) is 0 Å². The van der Waals surface area contributed by atoms with Crippen LogP contribution < -0.4 is 15.8 Å². The van der Waals surface area contributed by atoms with E-state index in [4.69, 9.17) is 0 Å². The molecule has 6 nitrogen and oxygen atoms in total. The van der Waals surface area contributed by atoms with Crippen molar-refractivity contribution >= 4 is 11.9 Å². The summed E-state index contributed by atoms with van der Waals surface area (Å²) in [6, 6.07) is 9.61. The monoisotopic (exact) mass is 382 g/mol. The summed E-state index contributed by atoms with van der Waals surface area (Å²) in [6.07, 6.45) is 2.12. The van der Waals surface area contributed by atoms with Gasteiger partial charge in [0.2, 0.25) is 5.95 Å². The first-order valence-electron chi connectivity index (χ1n) is 9.70. The lowest BCUT2D eigenvalue weighted by Gasteiger charge is -2.27. The molecule has 1 fully saturated rings. The normalized spacial score (nSPS) is 16.4. The molecule has 1 heterocycles. The van der Waals surface area contributed by atoms with Crippen molar-refractivity contribution in [1.29, 1.82) is 0 Å². The minimum Gasteiger partial charge on any atom is -0.348 e. The van der Waals surface area contributed by atoms with Gasteiger partial charge in [-0.15, -0.1) is 0 Å². The number of carbonyl (C=O) groups excluding carboxylic acids is 1. The number of benzene rings is 1. The molecule has 150 valence electrons. The first-order valence-corrected chi connectivity index (χ1v) is 9.70. The number of H-pyrrole nitrogens is 1. The summed E-state index contributed by atoms with van der Waals surface area (Å²) < 4.78 is 0. The molecule has 0 radical (unpaired) electrons. The highest BCUT2D eigenvalue weighted by Gasteiger charge is 2.46. The maximum atomic E-state index is 12.9. The predicted molar refractivity (Wildman–Crippen MR) is 112 cm³/mol. The second kappa shape index (κ2) is 7.08. The van der Waals surface area contributed by atoms with Crippen LogP contribution in [0, 0.1) is 5.41 Å². The SMILES string of the molecule is CN(C)c1nc(C(=O)N[C@@H](c2ccc(C(C)(C)C)cc2)C2(C)CC2)cc(=O)[nH]1. The van der Waals surface area contributed by atoms with Gasteiger partial charge in [-0.05, 0) is 34.8 Å². The summed E-state index contributed by atoms with van der Waals surface area (Å²) in [4.78, 5) is 33.4. The second-order valence-corrected chi connectivity index (χ2v) is 9.28. The number of amides is 1. The number of hydrogen-bond donors (Lipinski definition) is 2. The van der Waals surface area contributed by atoms with Gasteiger partial charge in [0.25, 0.3) is 11.5 Å². The van der Waals surface area contributed by atoms with Gasteiger partial charge in [0.05, 0.1) is 6.04 Å². The molecule has 0 bridgehead atoms. The molecule has 0 saturated heterocycles. The average Bonchev–Trinajstić information content (AvgIpc) is 3.36. The highest BCUT2D eigenvalue weighted by Crippen LogP contribution is 2.54. The Kier molecular flexibility index (Phi) is 5.08. The van der Waals surface area contributed by atoms with Gasteiger partial charge in [-0.3, -0.25) is 14.6 Å². The first-order chi connectivity index (χ1) is 13.0. The first kappa shape index (κ1) is 20.1. The molecule has 2 N–H and O–H groups in total. The van der Waals surface area contributed by atoms with Crippen molar-refractivity contribution < 1.29 is 4.79 Å². The summed E-state index contributed by atoms with van der Waals surface area (Å²) in [5, 5.41) is 3.13. The van der Waals surface area contributed by atoms with Crippen LogP contribution in [0.15, 0.2) is 35.1 Å². The van der Waals surface area contributed by atoms with E-state index in [0.29, 0.717) is 5.95 Å². The van der Waals surface area contributed by atoms with Crippen LogP contribution in [-0.2, 0) is 5.41 Å². The smallest absolute Gasteiger partial charge is 0.270 e. The van der Waals surface area contributed by atoms with E-state index in [2.05, 4.69) is 67.2 Å². The Morgan fingerprint density at radius 2 is 1.82 bits per heavy atom. The summed E-state index contributed by atoms with van der Waals surface area (Å²) in [5.74, 6) is 0.0357. The van der Waals surface area contributed by atoms with Crippen LogP contribution in [0.2, 0.25) is 0 Å². The number of nitrogens with zero attached hydrogens (tertiary/aromatic N) is 2. The third-order valence-electron chi connectivity index (χ3n) is 5.51. The zero-order chi connectivity index (χ0) is 20.7. The van der Waals surface area contributed by atoms with E-state index in [0.717, 1.165) is 18.4 Å². The van der Waals surface area contributed by atoms with Crippen molar-refractivity contribution in [3.63, 3.8) is 0 Å². The average molecular weight is 383 g/mol. The largest absolute Gasteiger partial charge is 0.348 e. The fourth-order valence-corrected chi connectivity index (χ4v) is 3.30. The van der Waals surface area contributed by atoms with Gasteiger partial charge in [0.15, 0.2) is 0 Å². The van der Waals surface area contributed by atoms with E-state index >= 15 is 0 Å². The molecule has 0 aliphatic heterocycles. The second-order valence-electron chi connectivity index (χ2n) is 9.28. The minimum absolute atomic E-state index is 0.0322. The van der Waals surface area contributed by atoms with Crippen molar-refractivity contribution in [3.8, 4) is 0 Å². The van der Waals surface area contributed by atoms with E-state index < -0.39 is 0 Å². The van der Waals surface area contributed by atoms with Crippen molar-refractivity contribution in [2.45, 2.75) is 52.0 Å². The Morgan fingerprint density at radius 1 is 1.21 bits per heavy atom. The van der Waals surface area contributed by atoms with Gasteiger partial charge < -0.3 is 10.2 Å². The molecule has 6 heteroatoms. The lowest BCUT2D eigenvalue weighted by Crippen LogP contribution is -2.35. The van der Waals surface area contributed by atoms with Gasteiger partial charge in [0.1, 0.15) is 5.69 Å². The number of aromatic amines is 1. The lowest BCUT2D eigenvalue weighted by atomic mass is 9.84. The fourth-order valence-electron chi connectivity index (χ4n) is 3.30. The highest BCUT2D eigenvalue weighted by molar-refractivity contribution is 5.92. The quantitative estimate of drug-likeness (QED) is 0.831.